The molecule has 3 nitrogen and oxygen atoms in total. The summed E-state index contributed by atoms with van der Waals surface area (Å²) in [4.78, 5) is 12.5. The zero-order valence-corrected chi connectivity index (χ0v) is 14.2. The normalized spacial score (nSPS) is 25.4. The number of rotatable bonds is 3. The third kappa shape index (κ3) is 2.20. The van der Waals surface area contributed by atoms with Crippen LogP contribution in [-0.2, 0) is 11.2 Å². The molecule has 4 heteroatoms. The third-order valence-electron chi connectivity index (χ3n) is 4.67. The fourth-order valence-electron chi connectivity index (χ4n) is 3.29. The van der Waals surface area contributed by atoms with Crippen LogP contribution in [0.15, 0.2) is 22.4 Å². The van der Waals surface area contributed by atoms with Gasteiger partial charge in [0, 0.05) is 10.0 Å². The number of halogens is 1. The van der Waals surface area contributed by atoms with Gasteiger partial charge in [0.2, 0.25) is 0 Å². The van der Waals surface area contributed by atoms with Crippen molar-refractivity contribution in [1.82, 2.24) is 5.32 Å². The summed E-state index contributed by atoms with van der Waals surface area (Å²) in [5.41, 5.74) is 2.90. The third-order valence-corrected chi connectivity index (χ3v) is 5.30. The molecule has 3 rings (SSSR count). The molecule has 1 aromatic carbocycles. The van der Waals surface area contributed by atoms with Crippen LogP contribution in [0.25, 0.3) is 5.57 Å². The highest BCUT2D eigenvalue weighted by molar-refractivity contribution is 9.10. The van der Waals surface area contributed by atoms with E-state index in [0.717, 1.165) is 40.4 Å². The van der Waals surface area contributed by atoms with Crippen LogP contribution in [0.1, 0.15) is 43.4 Å². The number of carbonyl (C=O) groups is 1. The van der Waals surface area contributed by atoms with Crippen molar-refractivity contribution in [1.29, 1.82) is 0 Å². The van der Waals surface area contributed by atoms with Crippen LogP contribution < -0.4 is 5.32 Å². The summed E-state index contributed by atoms with van der Waals surface area (Å²) in [7, 11) is 0. The minimum Gasteiger partial charge on any atom is -0.509 e. The lowest BCUT2D eigenvalue weighted by molar-refractivity contribution is -0.116. The zero-order valence-electron chi connectivity index (χ0n) is 12.6. The van der Waals surface area contributed by atoms with Crippen LogP contribution >= 0.6 is 15.9 Å². The van der Waals surface area contributed by atoms with Crippen LogP contribution in [-0.4, -0.2) is 16.6 Å². The maximum atomic E-state index is 12.5. The molecular formula is C17H20BrNO2. The van der Waals surface area contributed by atoms with E-state index in [-0.39, 0.29) is 11.7 Å². The minimum absolute atomic E-state index is 0.166. The molecule has 1 heterocycles. The van der Waals surface area contributed by atoms with E-state index >= 15 is 0 Å². The Hall–Kier alpha value is -1.29. The largest absolute Gasteiger partial charge is 0.509 e. The SMILES string of the molecule is CCc1cc(C)cc(Br)c1C1=C(O)C(C)(C2CC2)NC1=O. The van der Waals surface area contributed by atoms with Gasteiger partial charge in [0.05, 0.1) is 11.1 Å². The highest BCUT2D eigenvalue weighted by Gasteiger charge is 2.52. The van der Waals surface area contributed by atoms with E-state index in [9.17, 15) is 9.90 Å². The number of benzene rings is 1. The summed E-state index contributed by atoms with van der Waals surface area (Å²) >= 11 is 3.57. The van der Waals surface area contributed by atoms with Crippen molar-refractivity contribution in [3.05, 3.63) is 39.1 Å². The zero-order chi connectivity index (χ0) is 15.4. The summed E-state index contributed by atoms with van der Waals surface area (Å²) < 4.78 is 0.871. The number of carbonyl (C=O) groups excluding carboxylic acids is 1. The monoisotopic (exact) mass is 349 g/mol. The summed E-state index contributed by atoms with van der Waals surface area (Å²) in [6.45, 7) is 6.03. The number of amides is 1. The fraction of sp³-hybridized carbons (Fsp3) is 0.471. The van der Waals surface area contributed by atoms with Crippen molar-refractivity contribution >= 4 is 27.4 Å². The number of aliphatic hydroxyl groups excluding tert-OH is 1. The number of hydrogen-bond donors (Lipinski definition) is 2. The Morgan fingerprint density at radius 2 is 2.10 bits per heavy atom. The first kappa shape index (κ1) is 14.6. The van der Waals surface area contributed by atoms with Crippen LogP contribution in [0.5, 0.6) is 0 Å². The van der Waals surface area contributed by atoms with Gasteiger partial charge in [-0.25, -0.2) is 0 Å². The smallest absolute Gasteiger partial charge is 0.256 e. The van der Waals surface area contributed by atoms with Crippen molar-refractivity contribution in [2.75, 3.05) is 0 Å². The lowest BCUT2D eigenvalue weighted by Gasteiger charge is -2.24. The summed E-state index contributed by atoms with van der Waals surface area (Å²) in [6.07, 6.45) is 2.94. The Balaban J connectivity index is 2.20. The number of aryl methyl sites for hydroxylation is 2. The lowest BCUT2D eigenvalue weighted by Crippen LogP contribution is -2.43. The molecule has 1 atom stereocenters. The van der Waals surface area contributed by atoms with Crippen LogP contribution in [0.2, 0.25) is 0 Å². The topological polar surface area (TPSA) is 49.3 Å². The molecule has 0 bridgehead atoms. The van der Waals surface area contributed by atoms with Gasteiger partial charge >= 0.3 is 0 Å². The molecule has 1 amide bonds. The molecule has 1 unspecified atom stereocenters. The molecule has 1 saturated carbocycles. The fourth-order valence-corrected chi connectivity index (χ4v) is 4.10. The highest BCUT2D eigenvalue weighted by Crippen LogP contribution is 2.48. The van der Waals surface area contributed by atoms with E-state index in [1.54, 1.807) is 0 Å². The number of hydrogen-bond acceptors (Lipinski definition) is 2. The molecule has 0 aromatic heterocycles. The first-order valence-electron chi connectivity index (χ1n) is 7.44. The second-order valence-corrected chi connectivity index (χ2v) is 7.14. The van der Waals surface area contributed by atoms with Crippen molar-refractivity contribution in [3.63, 3.8) is 0 Å². The van der Waals surface area contributed by atoms with Gasteiger partial charge in [-0.1, -0.05) is 28.9 Å². The van der Waals surface area contributed by atoms with Crippen molar-refractivity contribution in [2.24, 2.45) is 5.92 Å². The van der Waals surface area contributed by atoms with Gasteiger partial charge < -0.3 is 10.4 Å². The van der Waals surface area contributed by atoms with Crippen molar-refractivity contribution in [3.8, 4) is 0 Å². The first-order valence-corrected chi connectivity index (χ1v) is 8.23. The van der Waals surface area contributed by atoms with Gasteiger partial charge in [0.1, 0.15) is 5.76 Å². The molecule has 0 saturated heterocycles. The summed E-state index contributed by atoms with van der Waals surface area (Å²) in [5, 5.41) is 13.7. The van der Waals surface area contributed by atoms with E-state index in [2.05, 4.69) is 34.2 Å². The molecule has 2 aliphatic rings. The molecule has 112 valence electrons. The van der Waals surface area contributed by atoms with Gasteiger partial charge in [-0.05, 0) is 56.2 Å². The molecule has 21 heavy (non-hydrogen) atoms. The molecule has 1 aromatic rings. The Morgan fingerprint density at radius 3 is 2.67 bits per heavy atom. The van der Waals surface area contributed by atoms with Crippen LogP contribution in [0.3, 0.4) is 0 Å². The van der Waals surface area contributed by atoms with Crippen LogP contribution in [0.4, 0.5) is 0 Å². The van der Waals surface area contributed by atoms with Gasteiger partial charge in [-0.2, -0.15) is 0 Å². The highest BCUT2D eigenvalue weighted by atomic mass is 79.9. The van der Waals surface area contributed by atoms with Gasteiger partial charge in [0.15, 0.2) is 0 Å². The molecule has 1 aliphatic heterocycles. The first-order chi connectivity index (χ1) is 9.88. The maximum Gasteiger partial charge on any atom is 0.256 e. The van der Waals surface area contributed by atoms with Crippen LogP contribution in [0, 0.1) is 12.8 Å². The predicted octanol–water partition coefficient (Wildman–Crippen LogP) is 3.89. The predicted molar refractivity (Wildman–Crippen MR) is 87.1 cm³/mol. The average Bonchev–Trinajstić information content (AvgIpc) is 3.22. The number of aliphatic hydroxyl groups is 1. The minimum atomic E-state index is -0.595. The van der Waals surface area contributed by atoms with Gasteiger partial charge in [0.25, 0.3) is 5.91 Å². The molecule has 1 fully saturated rings. The molecular weight excluding hydrogens is 330 g/mol. The van der Waals surface area contributed by atoms with E-state index < -0.39 is 5.54 Å². The Kier molecular flexibility index (Phi) is 3.40. The van der Waals surface area contributed by atoms with Crippen molar-refractivity contribution in [2.45, 2.75) is 45.6 Å². The lowest BCUT2D eigenvalue weighted by atomic mass is 9.90. The molecule has 0 spiro atoms. The Morgan fingerprint density at radius 1 is 1.43 bits per heavy atom. The molecule has 1 aliphatic carbocycles. The van der Waals surface area contributed by atoms with Gasteiger partial charge in [-0.15, -0.1) is 0 Å². The van der Waals surface area contributed by atoms with E-state index in [4.69, 9.17) is 0 Å². The van der Waals surface area contributed by atoms with Gasteiger partial charge in [-0.3, -0.25) is 4.79 Å². The average molecular weight is 350 g/mol. The van der Waals surface area contributed by atoms with E-state index in [1.165, 1.54) is 0 Å². The summed E-state index contributed by atoms with van der Waals surface area (Å²) in [6, 6.07) is 4.08. The summed E-state index contributed by atoms with van der Waals surface area (Å²) in [5.74, 6) is 0.392. The maximum absolute atomic E-state index is 12.5. The van der Waals surface area contributed by atoms with E-state index in [1.807, 2.05) is 19.9 Å². The Bertz CT molecular complexity index is 661. The molecule has 0 radical (unpaired) electrons. The second kappa shape index (κ2) is 4.87. The van der Waals surface area contributed by atoms with E-state index in [0.29, 0.717) is 11.5 Å². The Labute approximate surface area is 133 Å². The standard InChI is InChI=1S/C17H20BrNO2/c1-4-10-7-9(2)8-12(18)13(10)14-15(20)17(3,11-5-6-11)19-16(14)21/h7-8,11,20H,4-6H2,1-3H3,(H,19,21). The number of nitrogens with one attached hydrogen (secondary N) is 1. The molecule has 2 N–H and O–H groups in total. The quantitative estimate of drug-likeness (QED) is 0.869. The second-order valence-electron chi connectivity index (χ2n) is 6.29. The van der Waals surface area contributed by atoms with Crippen molar-refractivity contribution < 1.29 is 9.90 Å².